The third kappa shape index (κ3) is 4.03. The van der Waals surface area contributed by atoms with Crippen molar-refractivity contribution in [2.75, 3.05) is 20.3 Å². The van der Waals surface area contributed by atoms with Crippen LogP contribution in [0, 0.1) is 0 Å². The van der Waals surface area contributed by atoms with Crippen molar-refractivity contribution in [1.29, 1.82) is 0 Å². The minimum Gasteiger partial charge on any atom is -0.497 e. The lowest BCUT2D eigenvalue weighted by atomic mass is 10.3. The summed E-state index contributed by atoms with van der Waals surface area (Å²) >= 11 is 0. The number of rotatable bonds is 7. The van der Waals surface area contributed by atoms with Crippen molar-refractivity contribution in [1.82, 2.24) is 9.88 Å². The van der Waals surface area contributed by atoms with Gasteiger partial charge < -0.3 is 19.4 Å². The average molecular weight is 260 g/mol. The Labute approximate surface area is 114 Å². The Kier molecular flexibility index (Phi) is 4.86. The molecule has 0 radical (unpaired) electrons. The first kappa shape index (κ1) is 13.5. The minimum absolute atomic E-state index is 0.650. The van der Waals surface area contributed by atoms with Gasteiger partial charge in [-0.25, -0.2) is 0 Å². The summed E-state index contributed by atoms with van der Waals surface area (Å²) in [6.45, 7) is 2.32. The first-order valence-corrected chi connectivity index (χ1v) is 6.37. The standard InChI is InChI=1S/C15H20N2O2/c1-17-10-3-4-13(17)12-16-9-11-19-15-7-5-14(18-2)6-8-15/h3-8,10,16H,9,11-12H2,1-2H3. The van der Waals surface area contributed by atoms with Gasteiger partial charge >= 0.3 is 0 Å². The summed E-state index contributed by atoms with van der Waals surface area (Å²) in [5.74, 6) is 1.70. The van der Waals surface area contributed by atoms with E-state index in [1.807, 2.05) is 43.6 Å². The average Bonchev–Trinajstić information content (AvgIpc) is 2.85. The third-order valence-corrected chi connectivity index (χ3v) is 2.96. The van der Waals surface area contributed by atoms with E-state index >= 15 is 0 Å². The number of methoxy groups -OCH3 is 1. The maximum Gasteiger partial charge on any atom is 0.119 e. The Morgan fingerprint density at radius 1 is 1.11 bits per heavy atom. The maximum absolute atomic E-state index is 5.63. The van der Waals surface area contributed by atoms with Crippen molar-refractivity contribution in [2.24, 2.45) is 7.05 Å². The molecule has 19 heavy (non-hydrogen) atoms. The molecule has 2 aromatic rings. The molecule has 0 aliphatic rings. The summed E-state index contributed by atoms with van der Waals surface area (Å²) in [6.07, 6.45) is 2.05. The highest BCUT2D eigenvalue weighted by atomic mass is 16.5. The molecule has 1 aromatic heterocycles. The zero-order valence-electron chi connectivity index (χ0n) is 11.4. The van der Waals surface area contributed by atoms with Gasteiger partial charge in [0.05, 0.1) is 7.11 Å². The van der Waals surface area contributed by atoms with Crippen molar-refractivity contribution >= 4 is 0 Å². The van der Waals surface area contributed by atoms with Crippen molar-refractivity contribution in [3.05, 3.63) is 48.3 Å². The van der Waals surface area contributed by atoms with E-state index in [1.165, 1.54) is 5.69 Å². The molecule has 0 unspecified atom stereocenters. The number of aromatic nitrogens is 1. The monoisotopic (exact) mass is 260 g/mol. The molecule has 0 atom stereocenters. The van der Waals surface area contributed by atoms with Gasteiger partial charge in [0.1, 0.15) is 18.1 Å². The molecular formula is C15H20N2O2. The van der Waals surface area contributed by atoms with E-state index in [2.05, 4.69) is 16.0 Å². The van der Waals surface area contributed by atoms with Crippen LogP contribution in [0.15, 0.2) is 42.6 Å². The highest BCUT2D eigenvalue weighted by molar-refractivity contribution is 5.31. The molecule has 2 rings (SSSR count). The number of hydrogen-bond acceptors (Lipinski definition) is 3. The van der Waals surface area contributed by atoms with Crippen LogP contribution >= 0.6 is 0 Å². The summed E-state index contributed by atoms with van der Waals surface area (Å²) in [4.78, 5) is 0. The number of aryl methyl sites for hydroxylation is 1. The summed E-state index contributed by atoms with van der Waals surface area (Å²) in [7, 11) is 3.70. The van der Waals surface area contributed by atoms with Crippen LogP contribution in [0.3, 0.4) is 0 Å². The Morgan fingerprint density at radius 2 is 1.84 bits per heavy atom. The molecule has 0 aliphatic heterocycles. The smallest absolute Gasteiger partial charge is 0.119 e. The third-order valence-electron chi connectivity index (χ3n) is 2.96. The summed E-state index contributed by atoms with van der Waals surface area (Å²) < 4.78 is 12.8. The lowest BCUT2D eigenvalue weighted by Crippen LogP contribution is -2.21. The van der Waals surface area contributed by atoms with E-state index in [1.54, 1.807) is 7.11 Å². The maximum atomic E-state index is 5.63. The molecule has 0 bridgehead atoms. The Balaban J connectivity index is 1.65. The van der Waals surface area contributed by atoms with E-state index in [4.69, 9.17) is 9.47 Å². The quantitative estimate of drug-likeness (QED) is 0.775. The fourth-order valence-corrected chi connectivity index (χ4v) is 1.81. The van der Waals surface area contributed by atoms with Crippen LogP contribution in [-0.2, 0) is 13.6 Å². The van der Waals surface area contributed by atoms with E-state index in [0.717, 1.165) is 24.6 Å². The normalized spacial score (nSPS) is 10.4. The van der Waals surface area contributed by atoms with E-state index in [0.29, 0.717) is 6.61 Å². The van der Waals surface area contributed by atoms with Gasteiger partial charge in [0.2, 0.25) is 0 Å². The fraction of sp³-hybridized carbons (Fsp3) is 0.333. The zero-order chi connectivity index (χ0) is 13.5. The van der Waals surface area contributed by atoms with Gasteiger partial charge in [0.25, 0.3) is 0 Å². The summed E-state index contributed by atoms with van der Waals surface area (Å²) in [6, 6.07) is 11.8. The first-order chi connectivity index (χ1) is 9.29. The lowest BCUT2D eigenvalue weighted by molar-refractivity contribution is 0.312. The lowest BCUT2D eigenvalue weighted by Gasteiger charge is -2.08. The van der Waals surface area contributed by atoms with Gasteiger partial charge in [-0.2, -0.15) is 0 Å². The van der Waals surface area contributed by atoms with E-state index < -0.39 is 0 Å². The van der Waals surface area contributed by atoms with Gasteiger partial charge in [0.15, 0.2) is 0 Å². The van der Waals surface area contributed by atoms with Gasteiger partial charge in [-0.05, 0) is 36.4 Å². The second-order valence-electron chi connectivity index (χ2n) is 4.31. The van der Waals surface area contributed by atoms with Crippen LogP contribution in [0.2, 0.25) is 0 Å². The number of benzene rings is 1. The largest absolute Gasteiger partial charge is 0.497 e. The predicted molar refractivity (Wildman–Crippen MR) is 75.6 cm³/mol. The first-order valence-electron chi connectivity index (χ1n) is 6.37. The van der Waals surface area contributed by atoms with Crippen LogP contribution in [-0.4, -0.2) is 24.8 Å². The van der Waals surface area contributed by atoms with Crippen LogP contribution in [0.25, 0.3) is 0 Å². The minimum atomic E-state index is 0.650. The number of hydrogen-bond donors (Lipinski definition) is 1. The van der Waals surface area contributed by atoms with Gasteiger partial charge in [-0.1, -0.05) is 0 Å². The Hall–Kier alpha value is -1.94. The van der Waals surface area contributed by atoms with Crippen molar-refractivity contribution < 1.29 is 9.47 Å². The topological polar surface area (TPSA) is 35.4 Å². The fourth-order valence-electron chi connectivity index (χ4n) is 1.81. The molecule has 0 saturated carbocycles. The molecule has 1 aromatic carbocycles. The molecular weight excluding hydrogens is 240 g/mol. The molecule has 4 heteroatoms. The second-order valence-corrected chi connectivity index (χ2v) is 4.31. The van der Waals surface area contributed by atoms with Crippen molar-refractivity contribution in [3.8, 4) is 11.5 Å². The molecule has 102 valence electrons. The SMILES string of the molecule is COc1ccc(OCCNCc2cccn2C)cc1. The zero-order valence-corrected chi connectivity index (χ0v) is 11.4. The molecule has 1 heterocycles. The number of nitrogens with zero attached hydrogens (tertiary/aromatic N) is 1. The molecule has 1 N–H and O–H groups in total. The van der Waals surface area contributed by atoms with Gasteiger partial charge in [-0.15, -0.1) is 0 Å². The van der Waals surface area contributed by atoms with Crippen molar-refractivity contribution in [2.45, 2.75) is 6.54 Å². The highest BCUT2D eigenvalue weighted by Crippen LogP contribution is 2.16. The van der Waals surface area contributed by atoms with Crippen molar-refractivity contribution in [3.63, 3.8) is 0 Å². The predicted octanol–water partition coefficient (Wildman–Crippen LogP) is 2.20. The molecule has 4 nitrogen and oxygen atoms in total. The van der Waals surface area contributed by atoms with Gasteiger partial charge in [-0.3, -0.25) is 0 Å². The Morgan fingerprint density at radius 3 is 2.47 bits per heavy atom. The molecule has 0 fully saturated rings. The molecule has 0 aliphatic carbocycles. The summed E-state index contributed by atoms with van der Waals surface area (Å²) in [5.41, 5.74) is 1.27. The Bertz CT molecular complexity index is 491. The summed E-state index contributed by atoms with van der Waals surface area (Å²) in [5, 5.41) is 3.35. The van der Waals surface area contributed by atoms with E-state index in [9.17, 15) is 0 Å². The number of nitrogens with one attached hydrogen (secondary N) is 1. The molecule has 0 amide bonds. The second kappa shape index (κ2) is 6.85. The highest BCUT2D eigenvalue weighted by Gasteiger charge is 1.97. The van der Waals surface area contributed by atoms with Crippen LogP contribution < -0.4 is 14.8 Å². The van der Waals surface area contributed by atoms with E-state index in [-0.39, 0.29) is 0 Å². The van der Waals surface area contributed by atoms with Crippen LogP contribution in [0.5, 0.6) is 11.5 Å². The van der Waals surface area contributed by atoms with Crippen LogP contribution in [0.4, 0.5) is 0 Å². The molecule has 0 saturated heterocycles. The van der Waals surface area contributed by atoms with Crippen LogP contribution in [0.1, 0.15) is 5.69 Å². The molecule has 0 spiro atoms. The number of ether oxygens (including phenoxy) is 2. The van der Waals surface area contributed by atoms with Gasteiger partial charge in [0, 0.05) is 32.0 Å².